The van der Waals surface area contributed by atoms with Crippen molar-refractivity contribution in [3.8, 4) is 0 Å². The lowest BCUT2D eigenvalue weighted by Crippen LogP contribution is -2.49. The van der Waals surface area contributed by atoms with Crippen LogP contribution in [0.1, 0.15) is 29.6 Å². The summed E-state index contributed by atoms with van der Waals surface area (Å²) in [6, 6.07) is 9.59. The third-order valence-corrected chi connectivity index (χ3v) is 5.00. The Morgan fingerprint density at radius 3 is 2.61 bits per heavy atom. The fourth-order valence-electron chi connectivity index (χ4n) is 2.96. The number of benzene rings is 1. The molecule has 0 unspecified atom stereocenters. The number of piperidine rings is 1. The van der Waals surface area contributed by atoms with Crippen LogP contribution in [0.2, 0.25) is 0 Å². The Balaban J connectivity index is 1.80. The van der Waals surface area contributed by atoms with E-state index in [1.807, 2.05) is 49.3 Å². The van der Waals surface area contributed by atoms with Crippen LogP contribution >= 0.6 is 11.8 Å². The van der Waals surface area contributed by atoms with Crippen LogP contribution in [0.5, 0.6) is 0 Å². The highest BCUT2D eigenvalue weighted by atomic mass is 32.2. The number of likely N-dealkylation sites (N-methyl/N-ethyl adjacent to an activating group) is 1. The number of carbonyl (C=O) groups is 2. The average molecular weight is 334 g/mol. The summed E-state index contributed by atoms with van der Waals surface area (Å²) in [4.78, 5) is 28.7. The van der Waals surface area contributed by atoms with Gasteiger partial charge in [-0.15, -0.1) is 11.8 Å². The van der Waals surface area contributed by atoms with Gasteiger partial charge < -0.3 is 9.80 Å². The van der Waals surface area contributed by atoms with Gasteiger partial charge in [0.15, 0.2) is 5.78 Å². The standard InChI is InChI=1S/C18H26N2O2S/c1-19(2)12-16-10-6-7-11-20(16)18(22)14-23-13-17(21)15-8-4-3-5-9-15/h3-5,8-9,16H,6-7,10-14H2,1-2H3/t16-/m1/s1. The molecule has 1 heterocycles. The zero-order chi connectivity index (χ0) is 16.7. The van der Waals surface area contributed by atoms with Gasteiger partial charge in [0.2, 0.25) is 5.91 Å². The zero-order valence-corrected chi connectivity index (χ0v) is 14.8. The highest BCUT2D eigenvalue weighted by Gasteiger charge is 2.26. The number of rotatable bonds is 7. The molecule has 0 bridgehead atoms. The Hall–Kier alpha value is -1.33. The molecule has 0 radical (unpaired) electrons. The molecule has 1 aliphatic heterocycles. The normalized spacial score (nSPS) is 18.2. The maximum Gasteiger partial charge on any atom is 0.232 e. The van der Waals surface area contributed by atoms with E-state index in [4.69, 9.17) is 0 Å². The fourth-order valence-corrected chi connectivity index (χ4v) is 3.76. The second-order valence-corrected chi connectivity index (χ2v) is 7.27. The van der Waals surface area contributed by atoms with E-state index in [1.165, 1.54) is 18.2 Å². The molecule has 1 aromatic rings. The molecule has 0 aliphatic carbocycles. The molecule has 0 spiro atoms. The molecule has 0 N–H and O–H groups in total. The average Bonchev–Trinajstić information content (AvgIpc) is 2.55. The summed E-state index contributed by atoms with van der Waals surface area (Å²) in [6.07, 6.45) is 3.36. The summed E-state index contributed by atoms with van der Waals surface area (Å²) >= 11 is 1.42. The van der Waals surface area contributed by atoms with Gasteiger partial charge in [-0.3, -0.25) is 9.59 Å². The van der Waals surface area contributed by atoms with Crippen LogP contribution in [0.15, 0.2) is 30.3 Å². The van der Waals surface area contributed by atoms with Crippen molar-refractivity contribution < 1.29 is 9.59 Å². The molecular formula is C18H26N2O2S. The fraction of sp³-hybridized carbons (Fsp3) is 0.556. The van der Waals surface area contributed by atoms with Crippen molar-refractivity contribution >= 4 is 23.5 Å². The summed E-state index contributed by atoms with van der Waals surface area (Å²) in [6.45, 7) is 1.77. The highest BCUT2D eigenvalue weighted by Crippen LogP contribution is 2.19. The van der Waals surface area contributed by atoms with Gasteiger partial charge in [-0.05, 0) is 33.4 Å². The van der Waals surface area contributed by atoms with Gasteiger partial charge in [0, 0.05) is 24.7 Å². The van der Waals surface area contributed by atoms with Crippen LogP contribution in [0.3, 0.4) is 0 Å². The number of nitrogens with zero attached hydrogens (tertiary/aromatic N) is 2. The maximum absolute atomic E-state index is 12.5. The Bertz CT molecular complexity index is 519. The number of amides is 1. The van der Waals surface area contributed by atoms with Crippen molar-refractivity contribution in [2.45, 2.75) is 25.3 Å². The van der Waals surface area contributed by atoms with Gasteiger partial charge >= 0.3 is 0 Å². The van der Waals surface area contributed by atoms with E-state index in [0.29, 0.717) is 17.5 Å². The Morgan fingerprint density at radius 1 is 1.17 bits per heavy atom. The smallest absolute Gasteiger partial charge is 0.232 e. The van der Waals surface area contributed by atoms with Gasteiger partial charge in [0.05, 0.1) is 11.5 Å². The zero-order valence-electron chi connectivity index (χ0n) is 14.0. The van der Waals surface area contributed by atoms with Gasteiger partial charge in [-0.2, -0.15) is 0 Å². The topological polar surface area (TPSA) is 40.6 Å². The summed E-state index contributed by atoms with van der Waals surface area (Å²) in [5, 5.41) is 0. The minimum absolute atomic E-state index is 0.0897. The van der Waals surface area contributed by atoms with Crippen molar-refractivity contribution in [1.82, 2.24) is 9.80 Å². The lowest BCUT2D eigenvalue weighted by atomic mass is 10.0. The number of thioether (sulfide) groups is 1. The van der Waals surface area contributed by atoms with Crippen molar-refractivity contribution in [3.05, 3.63) is 35.9 Å². The number of likely N-dealkylation sites (tertiary alicyclic amines) is 1. The number of ketones is 1. The first-order valence-corrected chi connectivity index (χ1v) is 9.33. The van der Waals surface area contributed by atoms with E-state index >= 15 is 0 Å². The highest BCUT2D eigenvalue weighted by molar-refractivity contribution is 8.00. The molecule has 1 aromatic carbocycles. The van der Waals surface area contributed by atoms with E-state index in [-0.39, 0.29) is 11.7 Å². The lowest BCUT2D eigenvalue weighted by Gasteiger charge is -2.37. The van der Waals surface area contributed by atoms with E-state index in [0.717, 1.165) is 31.5 Å². The van der Waals surface area contributed by atoms with Crippen molar-refractivity contribution in [1.29, 1.82) is 0 Å². The van der Waals surface area contributed by atoms with Crippen LogP contribution in [0.25, 0.3) is 0 Å². The quantitative estimate of drug-likeness (QED) is 0.719. The molecule has 1 atom stereocenters. The van der Waals surface area contributed by atoms with Gasteiger partial charge in [-0.25, -0.2) is 0 Å². The Kier molecular flexibility index (Phi) is 7.12. The van der Waals surface area contributed by atoms with E-state index < -0.39 is 0 Å². The third kappa shape index (κ3) is 5.66. The molecule has 0 saturated carbocycles. The van der Waals surface area contributed by atoms with E-state index in [2.05, 4.69) is 4.90 Å². The molecule has 1 amide bonds. The number of Topliss-reactive ketones (excluding diaryl/α,β-unsaturated/α-hetero) is 1. The van der Waals surface area contributed by atoms with E-state index in [1.54, 1.807) is 0 Å². The first-order chi connectivity index (χ1) is 11.1. The van der Waals surface area contributed by atoms with Gasteiger partial charge in [0.1, 0.15) is 0 Å². The molecule has 1 fully saturated rings. The second-order valence-electron chi connectivity index (χ2n) is 6.28. The number of hydrogen-bond acceptors (Lipinski definition) is 4. The van der Waals surface area contributed by atoms with Crippen LogP contribution < -0.4 is 0 Å². The minimum atomic E-state index is 0.0897. The van der Waals surface area contributed by atoms with Gasteiger partial charge in [-0.1, -0.05) is 30.3 Å². The van der Waals surface area contributed by atoms with E-state index in [9.17, 15) is 9.59 Å². The molecule has 23 heavy (non-hydrogen) atoms. The van der Waals surface area contributed by atoms with Crippen molar-refractivity contribution in [2.75, 3.05) is 38.7 Å². The first kappa shape index (κ1) is 18.0. The molecule has 4 nitrogen and oxygen atoms in total. The molecule has 2 rings (SSSR count). The molecule has 126 valence electrons. The maximum atomic E-state index is 12.5. The van der Waals surface area contributed by atoms with Gasteiger partial charge in [0.25, 0.3) is 0 Å². The minimum Gasteiger partial charge on any atom is -0.338 e. The SMILES string of the molecule is CN(C)C[C@H]1CCCCN1C(=O)CSCC(=O)c1ccccc1. The molecular weight excluding hydrogens is 308 g/mol. The Morgan fingerprint density at radius 2 is 1.91 bits per heavy atom. The summed E-state index contributed by atoms with van der Waals surface area (Å²) in [5.41, 5.74) is 0.718. The molecule has 1 saturated heterocycles. The summed E-state index contributed by atoms with van der Waals surface area (Å²) in [5.74, 6) is 1.01. The largest absolute Gasteiger partial charge is 0.338 e. The lowest BCUT2D eigenvalue weighted by molar-refractivity contribution is -0.132. The molecule has 5 heteroatoms. The van der Waals surface area contributed by atoms with Crippen LogP contribution in [-0.2, 0) is 4.79 Å². The van der Waals surface area contributed by atoms with Crippen LogP contribution in [-0.4, -0.2) is 66.2 Å². The van der Waals surface area contributed by atoms with Crippen LogP contribution in [0, 0.1) is 0 Å². The van der Waals surface area contributed by atoms with Crippen LogP contribution in [0.4, 0.5) is 0 Å². The summed E-state index contributed by atoms with van der Waals surface area (Å²) in [7, 11) is 4.09. The van der Waals surface area contributed by atoms with Crippen molar-refractivity contribution in [3.63, 3.8) is 0 Å². The predicted molar refractivity (Wildman–Crippen MR) is 96.0 cm³/mol. The molecule has 0 aromatic heterocycles. The molecule has 1 aliphatic rings. The summed E-state index contributed by atoms with van der Waals surface area (Å²) < 4.78 is 0. The monoisotopic (exact) mass is 334 g/mol. The Labute approximate surface area is 143 Å². The predicted octanol–water partition coefficient (Wildman–Crippen LogP) is 2.55. The third-order valence-electron chi connectivity index (χ3n) is 4.08. The second kappa shape index (κ2) is 9.08. The number of hydrogen-bond donors (Lipinski definition) is 0. The first-order valence-electron chi connectivity index (χ1n) is 8.18. The number of carbonyl (C=O) groups excluding carboxylic acids is 2. The van der Waals surface area contributed by atoms with Crippen molar-refractivity contribution in [2.24, 2.45) is 0 Å².